The van der Waals surface area contributed by atoms with E-state index in [1.54, 1.807) is 0 Å². The molecule has 8 rings (SSSR count). The van der Waals surface area contributed by atoms with Crippen molar-refractivity contribution in [1.82, 2.24) is 0 Å². The summed E-state index contributed by atoms with van der Waals surface area (Å²) in [6.45, 7) is 8.74. The van der Waals surface area contributed by atoms with E-state index in [1.807, 2.05) is 36.4 Å². The maximum absolute atomic E-state index is 14.1. The monoisotopic (exact) mass is 942 g/mol. The van der Waals surface area contributed by atoms with E-state index < -0.39 is 44.7 Å². The first-order valence-corrected chi connectivity index (χ1v) is 23.7. The Morgan fingerprint density at radius 2 is 1.10 bits per heavy atom. The van der Waals surface area contributed by atoms with Crippen LogP contribution in [0.4, 0.5) is 26.3 Å². The number of benzene rings is 6. The van der Waals surface area contributed by atoms with Gasteiger partial charge in [0.1, 0.15) is 0 Å². The minimum atomic E-state index is -4.55. The number of rotatable bonds is 8. The minimum absolute atomic E-state index is 0. The molecule has 0 fully saturated rings. The van der Waals surface area contributed by atoms with Crippen LogP contribution in [0, 0.1) is 11.3 Å². The van der Waals surface area contributed by atoms with E-state index in [2.05, 4.69) is 94.4 Å². The summed E-state index contributed by atoms with van der Waals surface area (Å²) >= 11 is -3.77. The van der Waals surface area contributed by atoms with E-state index in [4.69, 9.17) is 0 Å². The van der Waals surface area contributed by atoms with Gasteiger partial charge in [-0.05, 0) is 0 Å². The van der Waals surface area contributed by atoms with Crippen LogP contribution in [0.5, 0.6) is 0 Å². The molecule has 0 radical (unpaired) electrons. The van der Waals surface area contributed by atoms with Gasteiger partial charge in [0, 0.05) is 0 Å². The fraction of sp³-hybridized carbons (Fsp3) is 0.212. The molecule has 312 valence electrons. The first-order valence-electron chi connectivity index (χ1n) is 20.1. The van der Waals surface area contributed by atoms with E-state index in [9.17, 15) is 26.3 Å². The Kier molecular flexibility index (Phi) is 13.8. The van der Waals surface area contributed by atoms with Gasteiger partial charge in [0.25, 0.3) is 0 Å². The molecule has 2 aliphatic rings. The molecule has 0 bridgehead atoms. The minimum Gasteiger partial charge on any atom is -1.00 e. The van der Waals surface area contributed by atoms with E-state index in [-0.39, 0.29) is 36.1 Å². The number of allylic oxidation sites excluding steroid dienone is 4. The summed E-state index contributed by atoms with van der Waals surface area (Å²) in [6.07, 6.45) is -1.93. The van der Waals surface area contributed by atoms with Gasteiger partial charge >= 0.3 is 352 Å². The Morgan fingerprint density at radius 3 is 1.61 bits per heavy atom. The van der Waals surface area contributed by atoms with Crippen LogP contribution in [-0.4, -0.2) is 3.21 Å². The fourth-order valence-corrected chi connectivity index (χ4v) is 17.6. The third-order valence-corrected chi connectivity index (χ3v) is 19.6. The zero-order chi connectivity index (χ0) is 41.7. The van der Waals surface area contributed by atoms with Gasteiger partial charge in [-0.2, -0.15) is 0 Å². The fourth-order valence-electron chi connectivity index (χ4n) is 8.65. The molecular formula is C52H44Cl2F6Zr. The first-order chi connectivity index (χ1) is 28.1. The number of hydrogen-bond acceptors (Lipinski definition) is 0. The van der Waals surface area contributed by atoms with Crippen molar-refractivity contribution >= 4 is 6.48 Å². The molecule has 0 nitrogen and oxygen atoms in total. The van der Waals surface area contributed by atoms with Crippen molar-refractivity contribution in [3.05, 3.63) is 194 Å². The summed E-state index contributed by atoms with van der Waals surface area (Å²) in [6, 6.07) is 42.1. The van der Waals surface area contributed by atoms with Crippen LogP contribution in [0.1, 0.15) is 73.9 Å². The van der Waals surface area contributed by atoms with Crippen molar-refractivity contribution in [2.45, 2.75) is 59.3 Å². The molecule has 0 heterocycles. The number of fused-ring (bicyclic) bond motifs is 3. The van der Waals surface area contributed by atoms with Gasteiger partial charge in [-0.15, -0.1) is 0 Å². The summed E-state index contributed by atoms with van der Waals surface area (Å²) in [5.74, 6) is 0.0652. The van der Waals surface area contributed by atoms with E-state index >= 15 is 0 Å². The second-order valence-electron chi connectivity index (χ2n) is 16.6. The van der Waals surface area contributed by atoms with E-state index in [0.717, 1.165) is 73.7 Å². The zero-order valence-corrected chi connectivity index (χ0v) is 38.1. The largest absolute Gasteiger partial charge is 1.00 e. The molecule has 0 N–H and O–H groups in total. The molecule has 0 saturated carbocycles. The topological polar surface area (TPSA) is 0 Å². The quantitative estimate of drug-likeness (QED) is 0.134. The molecule has 0 aliphatic heterocycles. The molecule has 0 saturated heterocycles. The molecule has 0 spiro atoms. The predicted molar refractivity (Wildman–Crippen MR) is 225 cm³/mol. The maximum Gasteiger partial charge on any atom is -1.00 e. The van der Waals surface area contributed by atoms with Crippen LogP contribution in [0.2, 0.25) is 0 Å². The van der Waals surface area contributed by atoms with Crippen LogP contribution in [0.25, 0.3) is 33.4 Å². The van der Waals surface area contributed by atoms with Crippen LogP contribution in [0.3, 0.4) is 0 Å². The second kappa shape index (κ2) is 18.2. The number of hydrogen-bond donors (Lipinski definition) is 0. The third-order valence-electron chi connectivity index (χ3n) is 11.6. The molecule has 2 aliphatic carbocycles. The van der Waals surface area contributed by atoms with Crippen molar-refractivity contribution in [3.8, 4) is 33.4 Å². The molecule has 0 aromatic heterocycles. The zero-order valence-electron chi connectivity index (χ0n) is 34.2. The van der Waals surface area contributed by atoms with Crippen molar-refractivity contribution in [3.63, 3.8) is 0 Å². The molecule has 0 amide bonds. The van der Waals surface area contributed by atoms with Gasteiger partial charge < -0.3 is 24.8 Å². The van der Waals surface area contributed by atoms with E-state index in [1.165, 1.54) is 47.5 Å². The maximum atomic E-state index is 14.1. The number of halogens is 8. The Bertz CT molecular complexity index is 2560. The van der Waals surface area contributed by atoms with Gasteiger partial charge in [-0.25, -0.2) is 0 Å². The first kappa shape index (κ1) is 46.2. The SMILES string of the molecule is CCCC1C=C(C(C)(C)C)C=[C]1[Zr+2](=[C](c1ccc(C(F)(F)F)cc1)c1ccc(C(F)(F)F)cc1)[c]1c(-c2ccccc2)ccc2c1Cc1cc(-c3ccccc3)ccc1-2.[Cl-].[Cl-]. The van der Waals surface area contributed by atoms with Crippen LogP contribution < -0.4 is 28.1 Å². The van der Waals surface area contributed by atoms with E-state index in [0.29, 0.717) is 17.5 Å². The van der Waals surface area contributed by atoms with Gasteiger partial charge in [-0.1, -0.05) is 0 Å². The summed E-state index contributed by atoms with van der Waals surface area (Å²) in [4.78, 5) is 0. The van der Waals surface area contributed by atoms with Gasteiger partial charge in [0.05, 0.1) is 0 Å². The molecule has 1 atom stereocenters. The summed E-state index contributed by atoms with van der Waals surface area (Å²) in [5, 5.41) is 0. The molecule has 1 unspecified atom stereocenters. The second-order valence-corrected chi connectivity index (χ2v) is 22.3. The average Bonchev–Trinajstić information content (AvgIpc) is 3.82. The normalized spacial score (nSPS) is 14.4. The summed E-state index contributed by atoms with van der Waals surface area (Å²) in [7, 11) is 0. The standard InChI is InChI=1S/C25H17.C15H8F6.C12H19.2ClH.Zr/c1-3-7-18(8-4-1)20-11-13-24-22(15-20)17-23-16-21(12-14-25(23)24)19-9-5-2-6-10-19;16-14(17,18)12-5-1-10(2-6-12)9-11-3-7-13(8-4-11)15(19,20)21;1-5-6-10-7-8-11(9-10)12(2,3)4;;;/h1-15H,17H2;1-8H;8-10H,5-6H2,1-4H3;2*1H;/q;;;;;+2/p-2. The van der Waals surface area contributed by atoms with Crippen molar-refractivity contribution < 1.29 is 72.4 Å². The van der Waals surface area contributed by atoms with Gasteiger partial charge in [0.15, 0.2) is 0 Å². The van der Waals surface area contributed by atoms with Crippen LogP contribution in [0.15, 0.2) is 161 Å². The molecule has 61 heavy (non-hydrogen) atoms. The average molecular weight is 945 g/mol. The van der Waals surface area contributed by atoms with Crippen molar-refractivity contribution in [1.29, 1.82) is 0 Å². The Labute approximate surface area is 374 Å². The summed E-state index contributed by atoms with van der Waals surface area (Å²) in [5.41, 5.74) is 9.66. The number of alkyl halides is 6. The van der Waals surface area contributed by atoms with Crippen molar-refractivity contribution in [2.24, 2.45) is 11.3 Å². The molecule has 6 aromatic rings. The van der Waals surface area contributed by atoms with Gasteiger partial charge in [-0.3, -0.25) is 0 Å². The Balaban J connectivity index is 0.00000311. The predicted octanol–water partition coefficient (Wildman–Crippen LogP) is 8.44. The molecular weight excluding hydrogens is 901 g/mol. The summed E-state index contributed by atoms with van der Waals surface area (Å²) < 4.78 is 87.9. The van der Waals surface area contributed by atoms with Gasteiger partial charge in [0.2, 0.25) is 0 Å². The van der Waals surface area contributed by atoms with Crippen molar-refractivity contribution in [2.75, 3.05) is 0 Å². The van der Waals surface area contributed by atoms with Crippen LogP contribution >= 0.6 is 0 Å². The molecule has 9 heteroatoms. The van der Waals surface area contributed by atoms with Crippen LogP contribution in [-0.2, 0) is 40.0 Å². The Hall–Kier alpha value is -4.29. The molecule has 6 aromatic carbocycles. The smallest absolute Gasteiger partial charge is 1.00 e. The Morgan fingerprint density at radius 1 is 0.590 bits per heavy atom. The third kappa shape index (κ3) is 9.41.